The van der Waals surface area contributed by atoms with Gasteiger partial charge >= 0.3 is 24.2 Å². The summed E-state index contributed by atoms with van der Waals surface area (Å²) in [6, 6.07) is 4.14. The minimum Gasteiger partial charge on any atom is -0.460 e. The standard InChI is InChI=1S/C35H55N7O12/c1-8-17-51-30(44)28(41-33(47)54-35(5,6)7)24-25-9-11-26(12-10-25)52-31(45)38-14-13-27(40-32(46)53-34(2,3)4)29(43)37-15-18-48-20-22-50-23-21-49-19-16-39-42-36/h8-12,27-28H,1,13-24H2,2-7H3,(H,37,43)(H,38,45)(H,40,46)(H,41,47). The summed E-state index contributed by atoms with van der Waals surface area (Å²) in [7, 11) is 0. The van der Waals surface area contributed by atoms with E-state index in [1.165, 1.54) is 18.2 Å². The van der Waals surface area contributed by atoms with Gasteiger partial charge in [0.2, 0.25) is 5.91 Å². The fraction of sp³-hybridized carbons (Fsp3) is 0.629. The molecule has 0 aliphatic heterocycles. The summed E-state index contributed by atoms with van der Waals surface area (Å²) < 4.78 is 37.0. The van der Waals surface area contributed by atoms with Crippen molar-refractivity contribution in [3.05, 3.63) is 52.9 Å². The van der Waals surface area contributed by atoms with Gasteiger partial charge in [-0.3, -0.25) is 4.79 Å². The molecule has 19 heteroatoms. The highest BCUT2D eigenvalue weighted by molar-refractivity contribution is 5.85. The Morgan fingerprint density at radius 3 is 1.89 bits per heavy atom. The molecule has 0 radical (unpaired) electrons. The number of hydrogen-bond acceptors (Lipinski definition) is 13. The first-order valence-electron chi connectivity index (χ1n) is 17.4. The zero-order valence-electron chi connectivity index (χ0n) is 32.0. The first kappa shape index (κ1) is 46.9. The van der Waals surface area contributed by atoms with Crippen molar-refractivity contribution in [2.75, 3.05) is 65.9 Å². The molecule has 4 amide bonds. The lowest BCUT2D eigenvalue weighted by molar-refractivity contribution is -0.144. The molecule has 1 aromatic carbocycles. The first-order valence-corrected chi connectivity index (χ1v) is 17.4. The van der Waals surface area contributed by atoms with Crippen LogP contribution in [0.2, 0.25) is 0 Å². The van der Waals surface area contributed by atoms with Crippen molar-refractivity contribution in [3.63, 3.8) is 0 Å². The highest BCUT2D eigenvalue weighted by Gasteiger charge is 2.27. The predicted molar refractivity (Wildman–Crippen MR) is 196 cm³/mol. The van der Waals surface area contributed by atoms with Crippen molar-refractivity contribution >= 4 is 30.2 Å². The molecule has 0 saturated heterocycles. The third kappa shape index (κ3) is 24.2. The molecular formula is C35H55N7O12. The van der Waals surface area contributed by atoms with Gasteiger partial charge in [0.1, 0.15) is 35.6 Å². The van der Waals surface area contributed by atoms with Crippen LogP contribution in [-0.2, 0) is 44.4 Å². The zero-order chi connectivity index (χ0) is 40.4. The second kappa shape index (κ2) is 25.8. The Morgan fingerprint density at radius 2 is 1.33 bits per heavy atom. The number of carbonyl (C=O) groups excluding carboxylic acids is 5. The minimum atomic E-state index is -1.05. The number of benzene rings is 1. The molecule has 54 heavy (non-hydrogen) atoms. The van der Waals surface area contributed by atoms with Gasteiger partial charge in [0.05, 0.1) is 39.6 Å². The predicted octanol–water partition coefficient (Wildman–Crippen LogP) is 3.70. The molecule has 0 heterocycles. The Balaban J connectivity index is 2.62. The van der Waals surface area contributed by atoms with Crippen molar-refractivity contribution in [3.8, 4) is 5.75 Å². The normalized spacial score (nSPS) is 12.2. The van der Waals surface area contributed by atoms with Crippen LogP contribution >= 0.6 is 0 Å². The van der Waals surface area contributed by atoms with E-state index in [4.69, 9.17) is 38.7 Å². The van der Waals surface area contributed by atoms with E-state index < -0.39 is 53.4 Å². The van der Waals surface area contributed by atoms with Crippen LogP contribution in [0.25, 0.3) is 10.4 Å². The molecular weight excluding hydrogens is 710 g/mol. The Bertz CT molecular complexity index is 1370. The molecule has 0 aromatic heterocycles. The molecule has 0 aliphatic carbocycles. The van der Waals surface area contributed by atoms with Crippen LogP contribution in [0.15, 0.2) is 42.0 Å². The lowest BCUT2D eigenvalue weighted by atomic mass is 10.1. The number of carbonyl (C=O) groups is 5. The van der Waals surface area contributed by atoms with Crippen LogP contribution < -0.4 is 26.0 Å². The second-order valence-corrected chi connectivity index (χ2v) is 13.4. The third-order valence-corrected chi connectivity index (χ3v) is 6.29. The van der Waals surface area contributed by atoms with Crippen LogP contribution in [0.3, 0.4) is 0 Å². The SMILES string of the molecule is C=CCOC(=O)C(Cc1ccc(OC(=O)NCCC(NC(=O)OC(C)(C)C)C(=O)NCCOCCOCCOCCN=[N+]=[N-])cc1)NC(=O)OC(C)(C)C. The smallest absolute Gasteiger partial charge is 0.412 e. The van der Waals surface area contributed by atoms with E-state index in [0.29, 0.717) is 32.0 Å². The number of amides is 4. The lowest BCUT2D eigenvalue weighted by Gasteiger charge is -2.23. The Morgan fingerprint density at radius 1 is 0.778 bits per heavy atom. The molecule has 0 spiro atoms. The summed E-state index contributed by atoms with van der Waals surface area (Å²) in [4.78, 5) is 65.5. The minimum absolute atomic E-state index is 0.00668. The van der Waals surface area contributed by atoms with Gasteiger partial charge in [-0.1, -0.05) is 29.9 Å². The van der Waals surface area contributed by atoms with Gasteiger partial charge in [-0.05, 0) is 71.2 Å². The average Bonchev–Trinajstić information content (AvgIpc) is 3.07. The van der Waals surface area contributed by atoms with Crippen LogP contribution in [0.4, 0.5) is 14.4 Å². The van der Waals surface area contributed by atoms with Gasteiger partial charge in [-0.2, -0.15) is 0 Å². The maximum atomic E-state index is 12.9. The molecule has 0 saturated carbocycles. The molecule has 0 aliphatic rings. The zero-order valence-corrected chi connectivity index (χ0v) is 32.0. The van der Waals surface area contributed by atoms with Crippen LogP contribution in [-0.4, -0.2) is 119 Å². The summed E-state index contributed by atoms with van der Waals surface area (Å²) in [5, 5.41) is 13.6. The maximum absolute atomic E-state index is 12.9. The van der Waals surface area contributed by atoms with Crippen LogP contribution in [0.5, 0.6) is 5.75 Å². The Hall–Kier alpha value is -5.10. The van der Waals surface area contributed by atoms with Crippen molar-refractivity contribution < 1.29 is 57.1 Å². The molecule has 4 N–H and O–H groups in total. The molecule has 0 bridgehead atoms. The molecule has 1 aromatic rings. The van der Waals surface area contributed by atoms with E-state index in [1.807, 2.05) is 0 Å². The van der Waals surface area contributed by atoms with Gasteiger partial charge in [0.15, 0.2) is 0 Å². The largest absolute Gasteiger partial charge is 0.460 e. The summed E-state index contributed by atoms with van der Waals surface area (Å²) in [6.45, 7) is 15.7. The number of hydrogen-bond donors (Lipinski definition) is 4. The maximum Gasteiger partial charge on any atom is 0.412 e. The number of nitrogens with one attached hydrogen (secondary N) is 4. The van der Waals surface area contributed by atoms with Crippen molar-refractivity contribution in [2.24, 2.45) is 5.11 Å². The average molecular weight is 766 g/mol. The van der Waals surface area contributed by atoms with E-state index in [9.17, 15) is 24.0 Å². The fourth-order valence-corrected chi connectivity index (χ4v) is 4.06. The molecule has 2 unspecified atom stereocenters. The number of esters is 1. The highest BCUT2D eigenvalue weighted by Crippen LogP contribution is 2.15. The number of ether oxygens (including phenoxy) is 7. The van der Waals surface area contributed by atoms with Gasteiger partial charge in [0.25, 0.3) is 0 Å². The first-order chi connectivity index (χ1) is 25.5. The molecule has 2 atom stereocenters. The van der Waals surface area contributed by atoms with Gasteiger partial charge < -0.3 is 54.4 Å². The molecule has 302 valence electrons. The van der Waals surface area contributed by atoms with E-state index >= 15 is 0 Å². The monoisotopic (exact) mass is 765 g/mol. The van der Waals surface area contributed by atoms with E-state index in [0.717, 1.165) is 0 Å². The summed E-state index contributed by atoms with van der Waals surface area (Å²) >= 11 is 0. The van der Waals surface area contributed by atoms with Crippen molar-refractivity contribution in [2.45, 2.75) is 77.7 Å². The van der Waals surface area contributed by atoms with Crippen LogP contribution in [0, 0.1) is 0 Å². The quantitative estimate of drug-likeness (QED) is 0.0224. The van der Waals surface area contributed by atoms with Crippen molar-refractivity contribution in [1.82, 2.24) is 21.3 Å². The summed E-state index contributed by atoms with van der Waals surface area (Å²) in [5.41, 5.74) is 7.26. The molecule has 0 fully saturated rings. The third-order valence-electron chi connectivity index (χ3n) is 6.29. The number of rotatable bonds is 24. The van der Waals surface area contributed by atoms with Gasteiger partial charge in [-0.25, -0.2) is 19.2 Å². The number of azide groups is 1. The van der Waals surface area contributed by atoms with Gasteiger partial charge in [-0.15, -0.1) is 0 Å². The second-order valence-electron chi connectivity index (χ2n) is 13.4. The molecule has 19 nitrogen and oxygen atoms in total. The Labute approximate surface area is 315 Å². The van der Waals surface area contributed by atoms with E-state index in [1.54, 1.807) is 53.7 Å². The number of nitrogens with zero attached hydrogens (tertiary/aromatic N) is 3. The Kier molecular flexibility index (Phi) is 22.4. The summed E-state index contributed by atoms with van der Waals surface area (Å²) in [6.07, 6.45) is -0.928. The van der Waals surface area contributed by atoms with E-state index in [2.05, 4.69) is 37.9 Å². The van der Waals surface area contributed by atoms with Crippen molar-refractivity contribution in [1.29, 1.82) is 0 Å². The fourth-order valence-electron chi connectivity index (χ4n) is 4.06. The van der Waals surface area contributed by atoms with E-state index in [-0.39, 0.29) is 58.0 Å². The summed E-state index contributed by atoms with van der Waals surface area (Å²) in [5.74, 6) is -1.01. The molecule has 1 rings (SSSR count). The topological polar surface area (TPSA) is 247 Å². The lowest BCUT2D eigenvalue weighted by Crippen LogP contribution is -2.50. The highest BCUT2D eigenvalue weighted by atomic mass is 16.6. The number of alkyl carbamates (subject to hydrolysis) is 2. The van der Waals surface area contributed by atoms with Gasteiger partial charge in [0, 0.05) is 31.0 Å². The van der Waals surface area contributed by atoms with Crippen LogP contribution in [0.1, 0.15) is 53.5 Å².